The topological polar surface area (TPSA) is 72.6 Å². The highest BCUT2D eigenvalue weighted by Gasteiger charge is 2.27. The van der Waals surface area contributed by atoms with Crippen LogP contribution in [0, 0.1) is 5.92 Å². The average Bonchev–Trinajstić information content (AvgIpc) is 2.48. The van der Waals surface area contributed by atoms with Gasteiger partial charge in [-0.2, -0.15) is 4.31 Å². The summed E-state index contributed by atoms with van der Waals surface area (Å²) in [5.74, 6) is 1.28. The van der Waals surface area contributed by atoms with E-state index in [1.807, 2.05) is 0 Å². The number of nitrogens with zero attached hydrogens (tertiary/aromatic N) is 1. The van der Waals surface area contributed by atoms with Gasteiger partial charge >= 0.3 is 0 Å². The summed E-state index contributed by atoms with van der Waals surface area (Å²) in [5.41, 5.74) is 5.40. The standard InChI is InChI=1S/C15H24N2O3S/c1-13-7-10-17(11-8-13)21(18,19)15-5-3-14(4-6-15)20-12-2-9-16/h3-6,13H,2,7-12,16H2,1H3. The third kappa shape index (κ3) is 4.18. The minimum absolute atomic E-state index is 0.336. The predicted octanol–water partition coefficient (Wildman–Crippen LogP) is 1.83. The summed E-state index contributed by atoms with van der Waals surface area (Å²) in [7, 11) is -3.37. The fraction of sp³-hybridized carbons (Fsp3) is 0.600. The summed E-state index contributed by atoms with van der Waals surface area (Å²) >= 11 is 0. The molecule has 118 valence electrons. The third-order valence-electron chi connectivity index (χ3n) is 3.82. The van der Waals surface area contributed by atoms with E-state index in [1.165, 1.54) is 0 Å². The van der Waals surface area contributed by atoms with Crippen LogP contribution in [-0.2, 0) is 10.0 Å². The summed E-state index contributed by atoms with van der Waals surface area (Å²) < 4.78 is 32.1. The van der Waals surface area contributed by atoms with Crippen LogP contribution < -0.4 is 10.5 Å². The van der Waals surface area contributed by atoms with Crippen LogP contribution in [0.3, 0.4) is 0 Å². The van der Waals surface area contributed by atoms with E-state index in [0.29, 0.717) is 42.8 Å². The van der Waals surface area contributed by atoms with Crippen molar-refractivity contribution in [2.75, 3.05) is 26.2 Å². The van der Waals surface area contributed by atoms with E-state index in [1.54, 1.807) is 28.6 Å². The highest BCUT2D eigenvalue weighted by Crippen LogP contribution is 2.24. The summed E-state index contributed by atoms with van der Waals surface area (Å²) in [6.45, 7) is 4.51. The highest BCUT2D eigenvalue weighted by atomic mass is 32.2. The average molecular weight is 312 g/mol. The van der Waals surface area contributed by atoms with E-state index < -0.39 is 10.0 Å². The zero-order valence-corrected chi connectivity index (χ0v) is 13.3. The summed E-state index contributed by atoms with van der Waals surface area (Å²) in [6.07, 6.45) is 2.64. The zero-order chi connectivity index (χ0) is 15.3. The number of rotatable bonds is 6. The Bertz CT molecular complexity index is 535. The van der Waals surface area contributed by atoms with Gasteiger partial charge in [-0.3, -0.25) is 0 Å². The van der Waals surface area contributed by atoms with Gasteiger partial charge in [-0.15, -0.1) is 0 Å². The Hall–Kier alpha value is -1.11. The Balaban J connectivity index is 2.03. The Morgan fingerprint density at radius 2 is 1.86 bits per heavy atom. The molecule has 1 aliphatic heterocycles. The summed E-state index contributed by atoms with van der Waals surface area (Å²) in [6, 6.07) is 6.64. The van der Waals surface area contributed by atoms with Crippen molar-refractivity contribution in [1.29, 1.82) is 0 Å². The van der Waals surface area contributed by atoms with E-state index in [2.05, 4.69) is 6.92 Å². The third-order valence-corrected chi connectivity index (χ3v) is 5.73. The fourth-order valence-corrected chi connectivity index (χ4v) is 3.83. The van der Waals surface area contributed by atoms with Crippen LogP contribution in [0.2, 0.25) is 0 Å². The quantitative estimate of drug-likeness (QED) is 0.814. The number of hydrogen-bond acceptors (Lipinski definition) is 4. The van der Waals surface area contributed by atoms with E-state index in [0.717, 1.165) is 19.3 Å². The molecule has 0 bridgehead atoms. The molecule has 21 heavy (non-hydrogen) atoms. The minimum atomic E-state index is -3.37. The second kappa shape index (κ2) is 7.24. The smallest absolute Gasteiger partial charge is 0.243 e. The van der Waals surface area contributed by atoms with Gasteiger partial charge in [0, 0.05) is 13.1 Å². The molecule has 1 aromatic carbocycles. The normalized spacial score (nSPS) is 17.8. The lowest BCUT2D eigenvalue weighted by molar-refractivity contribution is 0.288. The first-order valence-electron chi connectivity index (χ1n) is 7.47. The summed E-state index contributed by atoms with van der Waals surface area (Å²) in [4.78, 5) is 0.336. The number of hydrogen-bond donors (Lipinski definition) is 1. The number of sulfonamides is 1. The van der Waals surface area contributed by atoms with Crippen molar-refractivity contribution >= 4 is 10.0 Å². The van der Waals surface area contributed by atoms with Crippen molar-refractivity contribution in [2.45, 2.75) is 31.1 Å². The van der Waals surface area contributed by atoms with E-state index in [-0.39, 0.29) is 0 Å². The van der Waals surface area contributed by atoms with Crippen LogP contribution in [0.15, 0.2) is 29.2 Å². The number of nitrogens with two attached hydrogens (primary N) is 1. The molecule has 2 N–H and O–H groups in total. The van der Waals surface area contributed by atoms with Gasteiger partial charge in [-0.25, -0.2) is 8.42 Å². The van der Waals surface area contributed by atoms with Crippen LogP contribution in [-0.4, -0.2) is 39.0 Å². The molecule has 6 heteroatoms. The minimum Gasteiger partial charge on any atom is -0.494 e. The lowest BCUT2D eigenvalue weighted by atomic mass is 10.0. The molecule has 0 spiro atoms. The molecule has 1 aliphatic rings. The first-order chi connectivity index (χ1) is 10.0. The molecular weight excluding hydrogens is 288 g/mol. The van der Waals surface area contributed by atoms with Crippen LogP contribution >= 0.6 is 0 Å². The van der Waals surface area contributed by atoms with Crippen LogP contribution in [0.5, 0.6) is 5.75 Å². The SMILES string of the molecule is CC1CCN(S(=O)(=O)c2ccc(OCCCN)cc2)CC1. The molecule has 2 rings (SSSR count). The fourth-order valence-electron chi connectivity index (χ4n) is 2.36. The molecule has 1 saturated heterocycles. The highest BCUT2D eigenvalue weighted by molar-refractivity contribution is 7.89. The van der Waals surface area contributed by atoms with Crippen molar-refractivity contribution in [1.82, 2.24) is 4.31 Å². The number of benzene rings is 1. The molecule has 0 saturated carbocycles. The van der Waals surface area contributed by atoms with Crippen molar-refractivity contribution in [2.24, 2.45) is 11.7 Å². The second-order valence-corrected chi connectivity index (χ2v) is 7.49. The lowest BCUT2D eigenvalue weighted by Gasteiger charge is -2.29. The maximum atomic E-state index is 12.5. The molecule has 0 aromatic heterocycles. The second-order valence-electron chi connectivity index (χ2n) is 5.55. The molecular formula is C15H24N2O3S. The maximum Gasteiger partial charge on any atom is 0.243 e. The molecule has 0 atom stereocenters. The molecule has 1 heterocycles. The van der Waals surface area contributed by atoms with E-state index in [9.17, 15) is 8.42 Å². The summed E-state index contributed by atoms with van der Waals surface area (Å²) in [5, 5.41) is 0. The molecule has 0 radical (unpaired) electrons. The predicted molar refractivity (Wildman–Crippen MR) is 82.8 cm³/mol. The van der Waals surface area contributed by atoms with Gasteiger partial charge in [0.1, 0.15) is 5.75 Å². The number of ether oxygens (including phenoxy) is 1. The Morgan fingerprint density at radius 1 is 1.24 bits per heavy atom. The van der Waals surface area contributed by atoms with Crippen LogP contribution in [0.25, 0.3) is 0 Å². The van der Waals surface area contributed by atoms with Gasteiger partial charge in [-0.1, -0.05) is 6.92 Å². The van der Waals surface area contributed by atoms with E-state index in [4.69, 9.17) is 10.5 Å². The van der Waals surface area contributed by atoms with Crippen LogP contribution in [0.1, 0.15) is 26.2 Å². The van der Waals surface area contributed by atoms with E-state index >= 15 is 0 Å². The Labute approximate surface area is 127 Å². The maximum absolute atomic E-state index is 12.5. The number of piperidine rings is 1. The first kappa shape index (κ1) is 16.3. The van der Waals surface area contributed by atoms with Gasteiger partial charge < -0.3 is 10.5 Å². The van der Waals surface area contributed by atoms with Gasteiger partial charge in [0.15, 0.2) is 0 Å². The first-order valence-corrected chi connectivity index (χ1v) is 8.91. The van der Waals surface area contributed by atoms with Gasteiger partial charge in [-0.05, 0) is 56.0 Å². The van der Waals surface area contributed by atoms with Crippen LogP contribution in [0.4, 0.5) is 0 Å². The Morgan fingerprint density at radius 3 is 2.43 bits per heavy atom. The van der Waals surface area contributed by atoms with Gasteiger partial charge in [0.2, 0.25) is 10.0 Å². The van der Waals surface area contributed by atoms with Gasteiger partial charge in [0.05, 0.1) is 11.5 Å². The Kier molecular flexibility index (Phi) is 5.61. The molecule has 1 aromatic rings. The lowest BCUT2D eigenvalue weighted by Crippen LogP contribution is -2.37. The molecule has 1 fully saturated rings. The van der Waals surface area contributed by atoms with Crippen molar-refractivity contribution in [3.63, 3.8) is 0 Å². The van der Waals surface area contributed by atoms with Crippen molar-refractivity contribution in [3.05, 3.63) is 24.3 Å². The van der Waals surface area contributed by atoms with Crippen molar-refractivity contribution < 1.29 is 13.2 Å². The van der Waals surface area contributed by atoms with Gasteiger partial charge in [0.25, 0.3) is 0 Å². The monoisotopic (exact) mass is 312 g/mol. The molecule has 0 unspecified atom stereocenters. The molecule has 0 amide bonds. The zero-order valence-electron chi connectivity index (χ0n) is 12.5. The largest absolute Gasteiger partial charge is 0.494 e. The van der Waals surface area contributed by atoms with Crippen molar-refractivity contribution in [3.8, 4) is 5.75 Å². The molecule has 5 nitrogen and oxygen atoms in total. The molecule has 0 aliphatic carbocycles.